The number of hydrogen-bond acceptors (Lipinski definition) is 5. The predicted octanol–water partition coefficient (Wildman–Crippen LogP) is 1.11. The topological polar surface area (TPSA) is 119 Å². The first-order valence-corrected chi connectivity index (χ1v) is 10.9. The summed E-state index contributed by atoms with van der Waals surface area (Å²) in [5.41, 5.74) is 5.29. The SMILES string of the molecule is CC(C)CNC(=O)[C@@H](C)Oc1ccc(S(=O)(=O)N2CCC(C(N)=O)CC2)cc1. The van der Waals surface area contributed by atoms with Gasteiger partial charge in [0.1, 0.15) is 5.75 Å². The number of nitrogens with zero attached hydrogens (tertiary/aromatic N) is 1. The maximum Gasteiger partial charge on any atom is 0.260 e. The lowest BCUT2D eigenvalue weighted by molar-refractivity contribution is -0.127. The average molecular weight is 412 g/mol. The van der Waals surface area contributed by atoms with Gasteiger partial charge in [-0.15, -0.1) is 0 Å². The van der Waals surface area contributed by atoms with Crippen molar-refractivity contribution in [3.8, 4) is 5.75 Å². The fourth-order valence-electron chi connectivity index (χ4n) is 2.93. The first kappa shape index (κ1) is 22.2. The highest BCUT2D eigenvalue weighted by molar-refractivity contribution is 7.89. The fourth-order valence-corrected chi connectivity index (χ4v) is 4.40. The van der Waals surface area contributed by atoms with Crippen LogP contribution < -0.4 is 15.8 Å². The molecule has 0 saturated carbocycles. The van der Waals surface area contributed by atoms with E-state index in [1.807, 2.05) is 13.8 Å². The van der Waals surface area contributed by atoms with Crippen molar-refractivity contribution in [2.45, 2.75) is 44.6 Å². The molecule has 2 rings (SSSR count). The Morgan fingerprint density at radius 3 is 2.25 bits per heavy atom. The van der Waals surface area contributed by atoms with Crippen LogP contribution in [-0.2, 0) is 19.6 Å². The minimum absolute atomic E-state index is 0.147. The number of carbonyl (C=O) groups is 2. The Bertz CT molecular complexity index is 784. The number of nitrogens with two attached hydrogens (primary N) is 1. The summed E-state index contributed by atoms with van der Waals surface area (Å²) in [7, 11) is -3.64. The number of sulfonamides is 1. The first-order valence-electron chi connectivity index (χ1n) is 9.45. The number of hydrogen-bond donors (Lipinski definition) is 2. The Morgan fingerprint density at radius 2 is 1.75 bits per heavy atom. The molecule has 1 fully saturated rings. The predicted molar refractivity (Wildman–Crippen MR) is 105 cm³/mol. The monoisotopic (exact) mass is 411 g/mol. The number of ether oxygens (including phenoxy) is 1. The summed E-state index contributed by atoms with van der Waals surface area (Å²) in [5, 5.41) is 2.79. The molecule has 1 aliphatic rings. The zero-order chi connectivity index (χ0) is 20.9. The van der Waals surface area contributed by atoms with Crippen molar-refractivity contribution in [1.82, 2.24) is 9.62 Å². The Labute approximate surface area is 166 Å². The van der Waals surface area contributed by atoms with Crippen molar-refractivity contribution >= 4 is 21.8 Å². The van der Waals surface area contributed by atoms with Gasteiger partial charge in [-0.1, -0.05) is 13.8 Å². The highest BCUT2D eigenvalue weighted by atomic mass is 32.2. The molecule has 28 heavy (non-hydrogen) atoms. The summed E-state index contributed by atoms with van der Waals surface area (Å²) in [6.45, 7) is 6.74. The molecule has 2 amide bonds. The fraction of sp³-hybridized carbons (Fsp3) is 0.579. The Morgan fingerprint density at radius 1 is 1.18 bits per heavy atom. The third-order valence-electron chi connectivity index (χ3n) is 4.68. The van der Waals surface area contributed by atoms with Crippen molar-refractivity contribution in [3.63, 3.8) is 0 Å². The van der Waals surface area contributed by atoms with Crippen LogP contribution in [0.2, 0.25) is 0 Å². The van der Waals surface area contributed by atoms with Gasteiger partial charge in [-0.25, -0.2) is 8.42 Å². The number of benzene rings is 1. The van der Waals surface area contributed by atoms with Gasteiger partial charge in [0.2, 0.25) is 15.9 Å². The number of nitrogens with one attached hydrogen (secondary N) is 1. The Balaban J connectivity index is 1.97. The molecule has 156 valence electrons. The van der Waals surface area contributed by atoms with Crippen molar-refractivity contribution in [2.24, 2.45) is 17.6 Å². The number of piperidine rings is 1. The molecule has 1 aliphatic heterocycles. The second-order valence-electron chi connectivity index (χ2n) is 7.45. The van der Waals surface area contributed by atoms with Crippen molar-refractivity contribution < 1.29 is 22.7 Å². The average Bonchev–Trinajstić information content (AvgIpc) is 2.66. The van der Waals surface area contributed by atoms with Gasteiger partial charge in [0.05, 0.1) is 4.90 Å². The maximum atomic E-state index is 12.8. The molecular weight excluding hydrogens is 382 g/mol. The standard InChI is InChI=1S/C19H29N3O5S/c1-13(2)12-21-19(24)14(3)27-16-4-6-17(7-5-16)28(25,26)22-10-8-15(9-11-22)18(20)23/h4-7,13-15H,8-12H2,1-3H3,(H2,20,23)(H,21,24)/t14-/m1/s1. The van der Waals surface area contributed by atoms with E-state index in [-0.39, 0.29) is 35.7 Å². The molecule has 1 saturated heterocycles. The second-order valence-corrected chi connectivity index (χ2v) is 9.39. The molecule has 0 bridgehead atoms. The van der Waals surface area contributed by atoms with Gasteiger partial charge in [-0.3, -0.25) is 9.59 Å². The second kappa shape index (κ2) is 9.38. The van der Waals surface area contributed by atoms with E-state index in [4.69, 9.17) is 10.5 Å². The van der Waals surface area contributed by atoms with Crippen LogP contribution in [0.25, 0.3) is 0 Å². The number of primary amides is 1. The van der Waals surface area contributed by atoms with E-state index in [1.165, 1.54) is 28.6 Å². The maximum absolute atomic E-state index is 12.8. The van der Waals surface area contributed by atoms with Crippen LogP contribution in [0.5, 0.6) is 5.75 Å². The molecule has 3 N–H and O–H groups in total. The van der Waals surface area contributed by atoms with Gasteiger partial charge in [0.25, 0.3) is 5.91 Å². The van der Waals surface area contributed by atoms with Crippen LogP contribution >= 0.6 is 0 Å². The highest BCUT2D eigenvalue weighted by Crippen LogP contribution is 2.25. The summed E-state index contributed by atoms with van der Waals surface area (Å²) in [5.74, 6) is -0.120. The van der Waals surface area contributed by atoms with Crippen LogP contribution in [-0.4, -0.2) is 50.3 Å². The van der Waals surface area contributed by atoms with E-state index >= 15 is 0 Å². The first-order chi connectivity index (χ1) is 13.1. The number of carbonyl (C=O) groups excluding carboxylic acids is 2. The molecule has 0 aliphatic carbocycles. The van der Waals surface area contributed by atoms with Gasteiger partial charge in [0, 0.05) is 25.6 Å². The summed E-state index contributed by atoms with van der Waals surface area (Å²) in [6, 6.07) is 6.00. The van der Waals surface area contributed by atoms with E-state index in [9.17, 15) is 18.0 Å². The molecule has 1 heterocycles. The van der Waals surface area contributed by atoms with E-state index in [1.54, 1.807) is 6.92 Å². The molecule has 8 nitrogen and oxygen atoms in total. The zero-order valence-corrected chi connectivity index (χ0v) is 17.4. The number of amides is 2. The molecule has 0 unspecified atom stereocenters. The summed E-state index contributed by atoms with van der Waals surface area (Å²) < 4.78 is 32.5. The van der Waals surface area contributed by atoms with Crippen LogP contribution in [0.4, 0.5) is 0 Å². The Kier molecular flexibility index (Phi) is 7.42. The van der Waals surface area contributed by atoms with Crippen LogP contribution in [0, 0.1) is 11.8 Å². The van der Waals surface area contributed by atoms with E-state index in [0.29, 0.717) is 31.1 Å². The number of rotatable bonds is 8. The lowest BCUT2D eigenvalue weighted by Crippen LogP contribution is -2.41. The Hall–Kier alpha value is -2.13. The molecule has 1 aromatic rings. The van der Waals surface area contributed by atoms with Crippen LogP contribution in [0.15, 0.2) is 29.2 Å². The molecule has 9 heteroatoms. The van der Waals surface area contributed by atoms with Crippen LogP contribution in [0.3, 0.4) is 0 Å². The van der Waals surface area contributed by atoms with E-state index in [2.05, 4.69) is 5.32 Å². The molecular formula is C19H29N3O5S. The van der Waals surface area contributed by atoms with Gasteiger partial charge in [-0.2, -0.15) is 4.31 Å². The lowest BCUT2D eigenvalue weighted by Gasteiger charge is -2.29. The summed E-state index contributed by atoms with van der Waals surface area (Å²) in [6.07, 6.45) is 0.173. The largest absolute Gasteiger partial charge is 0.481 e. The highest BCUT2D eigenvalue weighted by Gasteiger charge is 2.31. The quantitative estimate of drug-likeness (QED) is 0.664. The third-order valence-corrected chi connectivity index (χ3v) is 6.60. The minimum Gasteiger partial charge on any atom is -0.481 e. The van der Waals surface area contributed by atoms with Gasteiger partial charge in [0.15, 0.2) is 6.10 Å². The van der Waals surface area contributed by atoms with Gasteiger partial charge in [-0.05, 0) is 49.9 Å². The molecule has 0 spiro atoms. The van der Waals surface area contributed by atoms with Gasteiger partial charge < -0.3 is 15.8 Å². The van der Waals surface area contributed by atoms with Crippen molar-refractivity contribution in [1.29, 1.82) is 0 Å². The molecule has 1 atom stereocenters. The summed E-state index contributed by atoms with van der Waals surface area (Å²) >= 11 is 0. The van der Waals surface area contributed by atoms with Crippen molar-refractivity contribution in [2.75, 3.05) is 19.6 Å². The summed E-state index contributed by atoms with van der Waals surface area (Å²) in [4.78, 5) is 23.4. The normalized spacial score (nSPS) is 17.3. The van der Waals surface area contributed by atoms with Crippen molar-refractivity contribution in [3.05, 3.63) is 24.3 Å². The zero-order valence-electron chi connectivity index (χ0n) is 16.6. The molecule has 0 aromatic heterocycles. The van der Waals surface area contributed by atoms with Gasteiger partial charge >= 0.3 is 0 Å². The van der Waals surface area contributed by atoms with E-state index in [0.717, 1.165) is 0 Å². The minimum atomic E-state index is -3.64. The van der Waals surface area contributed by atoms with Crippen LogP contribution in [0.1, 0.15) is 33.6 Å². The molecule has 1 aromatic carbocycles. The lowest BCUT2D eigenvalue weighted by atomic mass is 9.98. The van der Waals surface area contributed by atoms with E-state index < -0.39 is 16.1 Å². The smallest absolute Gasteiger partial charge is 0.260 e. The third kappa shape index (κ3) is 5.68. The molecule has 0 radical (unpaired) electrons.